The van der Waals surface area contributed by atoms with Crippen LogP contribution in [0.3, 0.4) is 0 Å². The average Bonchev–Trinajstić information content (AvgIpc) is 2.64. The molecule has 1 heterocycles. The lowest BCUT2D eigenvalue weighted by atomic mass is 10.1. The summed E-state index contributed by atoms with van der Waals surface area (Å²) in [6.07, 6.45) is 1.61. The zero-order valence-corrected chi connectivity index (χ0v) is 8.03. The number of hydrogen-bond donors (Lipinski definition) is 0. The number of rotatable bonds is 1. The van der Waals surface area contributed by atoms with Crippen LogP contribution in [0.5, 0.6) is 0 Å². The summed E-state index contributed by atoms with van der Waals surface area (Å²) in [6.45, 7) is 1.90. The van der Waals surface area contributed by atoms with Gasteiger partial charge in [-0.15, -0.1) is 0 Å². The summed E-state index contributed by atoms with van der Waals surface area (Å²) in [4.78, 5) is 11.3. The van der Waals surface area contributed by atoms with Gasteiger partial charge in [-0.3, -0.25) is 0 Å². The predicted octanol–water partition coefficient (Wildman–Crippen LogP) is 2.53. The standard InChI is InChI=1S/C11H10O3/c1-7-5-9(11(12)13-2)6-8-3-4-14-10(7)8/h3-6H,1-2H3. The Morgan fingerprint density at radius 1 is 1.43 bits per heavy atom. The first kappa shape index (κ1) is 8.81. The number of benzene rings is 1. The van der Waals surface area contributed by atoms with Gasteiger partial charge in [0.1, 0.15) is 5.58 Å². The molecule has 2 aromatic rings. The van der Waals surface area contributed by atoms with Crippen molar-refractivity contribution in [1.29, 1.82) is 0 Å². The van der Waals surface area contributed by atoms with E-state index in [0.717, 1.165) is 16.5 Å². The molecular formula is C11H10O3. The van der Waals surface area contributed by atoms with Crippen LogP contribution in [0.1, 0.15) is 15.9 Å². The van der Waals surface area contributed by atoms with Crippen LogP contribution in [0.4, 0.5) is 0 Å². The molecule has 0 saturated carbocycles. The highest BCUT2D eigenvalue weighted by atomic mass is 16.5. The summed E-state index contributed by atoms with van der Waals surface area (Å²) >= 11 is 0. The molecule has 0 unspecified atom stereocenters. The van der Waals surface area contributed by atoms with Crippen LogP contribution in [0.15, 0.2) is 28.9 Å². The van der Waals surface area contributed by atoms with E-state index in [-0.39, 0.29) is 5.97 Å². The van der Waals surface area contributed by atoms with Gasteiger partial charge in [-0.25, -0.2) is 4.79 Å². The van der Waals surface area contributed by atoms with Gasteiger partial charge in [0.15, 0.2) is 0 Å². The number of methoxy groups -OCH3 is 1. The number of furan rings is 1. The van der Waals surface area contributed by atoms with Crippen LogP contribution in [0.2, 0.25) is 0 Å². The fourth-order valence-electron chi connectivity index (χ4n) is 1.50. The molecule has 0 saturated heterocycles. The number of carbonyl (C=O) groups is 1. The zero-order valence-electron chi connectivity index (χ0n) is 8.03. The number of esters is 1. The van der Waals surface area contributed by atoms with Crippen molar-refractivity contribution in [1.82, 2.24) is 0 Å². The first-order chi connectivity index (χ1) is 6.72. The van der Waals surface area contributed by atoms with Crippen molar-refractivity contribution in [3.05, 3.63) is 35.6 Å². The number of hydrogen-bond acceptors (Lipinski definition) is 3. The van der Waals surface area contributed by atoms with Crippen molar-refractivity contribution < 1.29 is 13.9 Å². The van der Waals surface area contributed by atoms with Gasteiger partial charge in [0.2, 0.25) is 0 Å². The number of carbonyl (C=O) groups excluding carboxylic acids is 1. The van der Waals surface area contributed by atoms with E-state index in [2.05, 4.69) is 4.74 Å². The summed E-state index contributed by atoms with van der Waals surface area (Å²) in [5, 5.41) is 0.922. The summed E-state index contributed by atoms with van der Waals surface area (Å²) in [6, 6.07) is 5.35. The molecule has 0 bridgehead atoms. The summed E-state index contributed by atoms with van der Waals surface area (Å²) in [7, 11) is 1.37. The van der Waals surface area contributed by atoms with Gasteiger partial charge in [0, 0.05) is 5.39 Å². The number of fused-ring (bicyclic) bond motifs is 1. The first-order valence-electron chi connectivity index (χ1n) is 4.28. The quantitative estimate of drug-likeness (QED) is 0.648. The molecule has 14 heavy (non-hydrogen) atoms. The van der Waals surface area contributed by atoms with Crippen LogP contribution in [0, 0.1) is 6.92 Å². The maximum atomic E-state index is 11.3. The molecule has 0 N–H and O–H groups in total. The van der Waals surface area contributed by atoms with E-state index in [4.69, 9.17) is 4.42 Å². The van der Waals surface area contributed by atoms with Gasteiger partial charge in [-0.1, -0.05) is 0 Å². The topological polar surface area (TPSA) is 39.4 Å². The molecule has 1 aromatic heterocycles. The first-order valence-corrected chi connectivity index (χ1v) is 4.28. The third-order valence-electron chi connectivity index (χ3n) is 2.16. The lowest BCUT2D eigenvalue weighted by Gasteiger charge is -2.01. The fraction of sp³-hybridized carbons (Fsp3) is 0.182. The monoisotopic (exact) mass is 190 g/mol. The molecule has 0 aliphatic rings. The van der Waals surface area contributed by atoms with E-state index in [1.54, 1.807) is 18.4 Å². The predicted molar refractivity (Wildman–Crippen MR) is 52.3 cm³/mol. The third-order valence-corrected chi connectivity index (χ3v) is 2.16. The van der Waals surface area contributed by atoms with Crippen molar-refractivity contribution in [2.24, 2.45) is 0 Å². The van der Waals surface area contributed by atoms with Crippen molar-refractivity contribution in [2.75, 3.05) is 7.11 Å². The molecule has 0 spiro atoms. The van der Waals surface area contributed by atoms with Crippen LogP contribution in [-0.4, -0.2) is 13.1 Å². The van der Waals surface area contributed by atoms with Crippen LogP contribution in [0.25, 0.3) is 11.0 Å². The van der Waals surface area contributed by atoms with Gasteiger partial charge in [-0.05, 0) is 30.7 Å². The third kappa shape index (κ3) is 1.27. The summed E-state index contributed by atoms with van der Waals surface area (Å²) in [5.41, 5.74) is 2.31. The van der Waals surface area contributed by atoms with Gasteiger partial charge in [0.05, 0.1) is 18.9 Å². The SMILES string of the molecule is COC(=O)c1cc(C)c2occc2c1. The maximum absolute atomic E-state index is 11.3. The lowest BCUT2D eigenvalue weighted by Crippen LogP contribution is -2.01. The average molecular weight is 190 g/mol. The second kappa shape index (κ2) is 3.18. The Kier molecular flexibility index (Phi) is 2.00. The minimum atomic E-state index is -0.323. The maximum Gasteiger partial charge on any atom is 0.337 e. The Bertz CT molecular complexity index is 482. The Labute approximate surface area is 81.3 Å². The molecular weight excluding hydrogens is 180 g/mol. The van der Waals surface area contributed by atoms with Crippen molar-refractivity contribution in [3.63, 3.8) is 0 Å². The van der Waals surface area contributed by atoms with Gasteiger partial charge < -0.3 is 9.15 Å². The molecule has 0 aliphatic heterocycles. The highest BCUT2D eigenvalue weighted by molar-refractivity contribution is 5.95. The number of ether oxygens (including phenoxy) is 1. The second-order valence-electron chi connectivity index (χ2n) is 3.12. The lowest BCUT2D eigenvalue weighted by molar-refractivity contribution is 0.0601. The van der Waals surface area contributed by atoms with Crippen LogP contribution in [-0.2, 0) is 4.74 Å². The molecule has 0 radical (unpaired) electrons. The van der Waals surface area contributed by atoms with Crippen molar-refractivity contribution in [3.8, 4) is 0 Å². The highest BCUT2D eigenvalue weighted by Crippen LogP contribution is 2.21. The minimum Gasteiger partial charge on any atom is -0.465 e. The van der Waals surface area contributed by atoms with E-state index < -0.39 is 0 Å². The van der Waals surface area contributed by atoms with Gasteiger partial charge in [-0.2, -0.15) is 0 Å². The van der Waals surface area contributed by atoms with Crippen LogP contribution >= 0.6 is 0 Å². The van der Waals surface area contributed by atoms with E-state index in [1.807, 2.05) is 13.0 Å². The molecule has 0 amide bonds. The Morgan fingerprint density at radius 2 is 2.21 bits per heavy atom. The highest BCUT2D eigenvalue weighted by Gasteiger charge is 2.09. The molecule has 72 valence electrons. The normalized spacial score (nSPS) is 10.4. The summed E-state index contributed by atoms with van der Waals surface area (Å²) in [5.74, 6) is -0.323. The Morgan fingerprint density at radius 3 is 2.93 bits per heavy atom. The molecule has 0 aliphatic carbocycles. The second-order valence-corrected chi connectivity index (χ2v) is 3.12. The van der Waals surface area contributed by atoms with E-state index in [0.29, 0.717) is 5.56 Å². The van der Waals surface area contributed by atoms with E-state index in [9.17, 15) is 4.79 Å². The molecule has 0 fully saturated rings. The minimum absolute atomic E-state index is 0.323. The van der Waals surface area contributed by atoms with Gasteiger partial charge >= 0.3 is 5.97 Å². The van der Waals surface area contributed by atoms with Crippen molar-refractivity contribution >= 4 is 16.9 Å². The molecule has 2 rings (SSSR count). The van der Waals surface area contributed by atoms with Gasteiger partial charge in [0.25, 0.3) is 0 Å². The van der Waals surface area contributed by atoms with E-state index >= 15 is 0 Å². The van der Waals surface area contributed by atoms with Crippen LogP contribution < -0.4 is 0 Å². The Balaban J connectivity index is 2.64. The Hall–Kier alpha value is -1.77. The molecule has 3 heteroatoms. The number of aryl methyl sites for hydroxylation is 1. The van der Waals surface area contributed by atoms with Crippen molar-refractivity contribution in [2.45, 2.75) is 6.92 Å². The molecule has 3 nitrogen and oxygen atoms in total. The molecule has 1 aromatic carbocycles. The summed E-state index contributed by atoms with van der Waals surface area (Å²) < 4.78 is 9.91. The smallest absolute Gasteiger partial charge is 0.337 e. The fourth-order valence-corrected chi connectivity index (χ4v) is 1.50. The zero-order chi connectivity index (χ0) is 10.1. The molecule has 0 atom stereocenters. The van der Waals surface area contributed by atoms with E-state index in [1.165, 1.54) is 7.11 Å². The largest absolute Gasteiger partial charge is 0.465 e.